The van der Waals surface area contributed by atoms with Crippen LogP contribution in [0, 0.1) is 23.7 Å². The lowest BCUT2D eigenvalue weighted by Crippen LogP contribution is -2.47. The molecule has 4 rings (SSSR count). The summed E-state index contributed by atoms with van der Waals surface area (Å²) in [6.45, 7) is 38.3. The predicted molar refractivity (Wildman–Crippen MR) is 228 cm³/mol. The summed E-state index contributed by atoms with van der Waals surface area (Å²) in [5.74, 6) is 3.03. The molecule has 324 valence electrons. The molecule has 54 heavy (non-hydrogen) atoms. The van der Waals surface area contributed by atoms with Gasteiger partial charge in [0.05, 0.1) is 26.4 Å². The van der Waals surface area contributed by atoms with Gasteiger partial charge in [-0.3, -0.25) is 14.4 Å². The van der Waals surface area contributed by atoms with Gasteiger partial charge < -0.3 is 29.1 Å². The van der Waals surface area contributed by atoms with Gasteiger partial charge >= 0.3 is 0 Å². The first-order chi connectivity index (χ1) is 25.3. The summed E-state index contributed by atoms with van der Waals surface area (Å²) < 4.78 is 23.3. The van der Waals surface area contributed by atoms with Crippen molar-refractivity contribution in [2.75, 3.05) is 85.8 Å². The summed E-state index contributed by atoms with van der Waals surface area (Å²) in [6.07, 6.45) is 10.1. The molecule has 9 nitrogen and oxygen atoms in total. The Hall–Kier alpha value is -1.78. The van der Waals surface area contributed by atoms with Gasteiger partial charge in [0.2, 0.25) is 11.8 Å². The maximum Gasteiger partial charge on any atom is 0.259 e. The summed E-state index contributed by atoms with van der Waals surface area (Å²) in [4.78, 5) is 42.0. The number of piperidine rings is 1. The van der Waals surface area contributed by atoms with Crippen LogP contribution in [0.25, 0.3) is 0 Å². The normalized spacial score (nSPS) is 17.2. The molecule has 0 atom stereocenters. The molecule has 4 aliphatic rings. The van der Waals surface area contributed by atoms with Crippen LogP contribution in [0.5, 0.6) is 0 Å². The number of nitrogens with zero attached hydrogens (tertiary/aromatic N) is 4. The van der Waals surface area contributed by atoms with Crippen molar-refractivity contribution >= 4 is 17.7 Å². The molecule has 0 aromatic heterocycles. The van der Waals surface area contributed by atoms with Crippen LogP contribution in [-0.4, -0.2) is 129 Å². The Morgan fingerprint density at radius 2 is 0.833 bits per heavy atom. The summed E-state index contributed by atoms with van der Waals surface area (Å²) in [7, 11) is 2.11. The van der Waals surface area contributed by atoms with Crippen molar-refractivity contribution < 1.29 is 28.2 Å². The maximum absolute atomic E-state index is 13.1. The van der Waals surface area contributed by atoms with E-state index in [2.05, 4.69) is 81.2 Å². The quantitative estimate of drug-likeness (QED) is 0.257. The molecule has 3 amide bonds. The monoisotopic (exact) mass is 775 g/mol. The minimum Gasteiger partial charge on any atom is -0.379 e. The molecular weight excluding hydrogens is 684 g/mol. The molecule has 0 saturated carbocycles. The van der Waals surface area contributed by atoms with Gasteiger partial charge in [-0.2, -0.15) is 0 Å². The Morgan fingerprint density at radius 1 is 0.537 bits per heavy atom. The lowest BCUT2D eigenvalue weighted by molar-refractivity contribution is -0.146. The maximum atomic E-state index is 13.1. The Morgan fingerprint density at radius 3 is 1.07 bits per heavy atom. The number of ether oxygens (including phenoxy) is 2. The van der Waals surface area contributed by atoms with Crippen LogP contribution in [0.3, 0.4) is 0 Å². The van der Waals surface area contributed by atoms with Gasteiger partial charge in [-0.15, -0.1) is 0 Å². The van der Waals surface area contributed by atoms with Gasteiger partial charge in [0, 0.05) is 65.2 Å². The fourth-order valence-corrected chi connectivity index (χ4v) is 4.86. The highest BCUT2D eigenvalue weighted by Crippen LogP contribution is 2.14. The Kier molecular flexibility index (Phi) is 37.3. The number of amides is 3. The Labute approximate surface area is 334 Å². The first-order valence-electron chi connectivity index (χ1n) is 21.7. The van der Waals surface area contributed by atoms with Crippen LogP contribution >= 0.6 is 0 Å². The highest BCUT2D eigenvalue weighted by molar-refractivity contribution is 5.84. The van der Waals surface area contributed by atoms with Crippen molar-refractivity contribution in [1.29, 1.82) is 0 Å². The minimum atomic E-state index is -1.75. The van der Waals surface area contributed by atoms with E-state index in [1.54, 1.807) is 0 Å². The van der Waals surface area contributed by atoms with Crippen LogP contribution in [0.1, 0.15) is 155 Å². The van der Waals surface area contributed by atoms with E-state index in [0.717, 1.165) is 77.2 Å². The zero-order chi connectivity index (χ0) is 42.1. The largest absolute Gasteiger partial charge is 0.379 e. The highest BCUT2D eigenvalue weighted by atomic mass is 19.1. The second-order valence-corrected chi connectivity index (χ2v) is 16.6. The van der Waals surface area contributed by atoms with Crippen molar-refractivity contribution in [2.45, 2.75) is 160 Å². The number of carbonyl (C=O) groups excluding carboxylic acids is 3. The second kappa shape index (κ2) is 35.6. The van der Waals surface area contributed by atoms with E-state index in [0.29, 0.717) is 50.0 Å². The smallest absolute Gasteiger partial charge is 0.259 e. The van der Waals surface area contributed by atoms with Crippen molar-refractivity contribution in [1.82, 2.24) is 19.6 Å². The topological polar surface area (TPSA) is 82.6 Å². The van der Waals surface area contributed by atoms with Crippen LogP contribution in [0.2, 0.25) is 0 Å². The fourth-order valence-electron chi connectivity index (χ4n) is 4.86. The number of halogens is 1. The van der Waals surface area contributed by atoms with E-state index in [9.17, 15) is 18.8 Å². The zero-order valence-electron chi connectivity index (χ0n) is 38.4. The molecule has 4 aliphatic heterocycles. The molecule has 4 heterocycles. The van der Waals surface area contributed by atoms with E-state index >= 15 is 0 Å². The third-order valence-corrected chi connectivity index (χ3v) is 9.01. The lowest BCUT2D eigenvalue weighted by Gasteiger charge is -2.30. The third kappa shape index (κ3) is 34.7. The number of hydrogen-bond donors (Lipinski definition) is 0. The number of likely N-dealkylation sites (tertiary alicyclic amines) is 2. The highest BCUT2D eigenvalue weighted by Gasteiger charge is 2.32. The number of carbonyl (C=O) groups is 3. The zero-order valence-corrected chi connectivity index (χ0v) is 38.4. The molecule has 4 saturated heterocycles. The molecule has 0 aliphatic carbocycles. The fraction of sp³-hybridized carbons (Fsp3) is 0.932. The lowest BCUT2D eigenvalue weighted by atomic mass is 10.1. The number of alkyl halides is 1. The predicted octanol–water partition coefficient (Wildman–Crippen LogP) is 9.37. The summed E-state index contributed by atoms with van der Waals surface area (Å²) >= 11 is 0. The number of likely N-dealkylation sites (N-methyl/N-ethyl adjacent to an activating group) is 1. The van der Waals surface area contributed by atoms with Crippen LogP contribution < -0.4 is 0 Å². The molecule has 0 aromatic rings. The Bertz CT molecular complexity index is 863. The SMILES string of the molecule is CC.CC(C)(F)C(=O)N1CCOCC1.CC(C)CC(=O)N1CCCC1.CC(C)CC(=O)N1CCCCC1.CCC(C)C.CCC(C)C.CN1CCOCC1. The van der Waals surface area contributed by atoms with Crippen molar-refractivity contribution in [3.63, 3.8) is 0 Å². The minimum absolute atomic E-state index is 0.345. The van der Waals surface area contributed by atoms with Gasteiger partial charge in [0.1, 0.15) is 0 Å². The van der Waals surface area contributed by atoms with Crippen LogP contribution in [0.15, 0.2) is 0 Å². The molecule has 0 spiro atoms. The van der Waals surface area contributed by atoms with Gasteiger partial charge in [-0.25, -0.2) is 4.39 Å². The third-order valence-electron chi connectivity index (χ3n) is 9.01. The molecule has 0 aromatic carbocycles. The molecule has 0 bridgehead atoms. The van der Waals surface area contributed by atoms with Crippen LogP contribution in [0.4, 0.5) is 4.39 Å². The Balaban J connectivity index is -0.000000591. The number of rotatable bonds is 7. The van der Waals surface area contributed by atoms with Gasteiger partial charge in [-0.1, -0.05) is 95.9 Å². The van der Waals surface area contributed by atoms with E-state index in [4.69, 9.17) is 9.47 Å². The number of morpholine rings is 2. The number of hydrogen-bond acceptors (Lipinski definition) is 6. The molecule has 0 unspecified atom stereocenters. The second-order valence-electron chi connectivity index (χ2n) is 16.6. The van der Waals surface area contributed by atoms with E-state index in [1.807, 2.05) is 23.6 Å². The summed E-state index contributed by atoms with van der Waals surface area (Å²) in [5.41, 5.74) is -1.75. The van der Waals surface area contributed by atoms with Gasteiger partial charge in [0.15, 0.2) is 5.67 Å². The van der Waals surface area contributed by atoms with Gasteiger partial charge in [-0.05, 0) is 76.7 Å². The first kappa shape index (κ1) is 56.6. The van der Waals surface area contributed by atoms with Crippen molar-refractivity contribution in [3.8, 4) is 0 Å². The van der Waals surface area contributed by atoms with Crippen molar-refractivity contribution in [2.24, 2.45) is 23.7 Å². The summed E-state index contributed by atoms with van der Waals surface area (Å²) in [6, 6.07) is 0. The molecule has 4 fully saturated rings. The van der Waals surface area contributed by atoms with Crippen molar-refractivity contribution in [3.05, 3.63) is 0 Å². The molecule has 0 N–H and O–H groups in total. The molecule has 0 radical (unpaired) electrons. The molecular formula is C44H91FN4O5. The summed E-state index contributed by atoms with van der Waals surface area (Å²) in [5, 5.41) is 0. The van der Waals surface area contributed by atoms with E-state index < -0.39 is 11.6 Å². The van der Waals surface area contributed by atoms with E-state index in [1.165, 1.54) is 63.7 Å². The average Bonchev–Trinajstić information content (AvgIpc) is 3.69. The first-order valence-corrected chi connectivity index (χ1v) is 21.7. The van der Waals surface area contributed by atoms with E-state index in [-0.39, 0.29) is 0 Å². The van der Waals surface area contributed by atoms with Gasteiger partial charge in [0.25, 0.3) is 5.91 Å². The molecule has 10 heteroatoms. The van der Waals surface area contributed by atoms with Crippen LogP contribution in [-0.2, 0) is 23.9 Å². The average molecular weight is 775 g/mol. The standard InChI is InChI=1S/C10H19NO.C9H17NO.C8H14FNO2.C5H11NO.2C5H12.C2H6/c1-9(2)8-10(12)11-6-4-3-5-7-11;1-8(2)7-9(11)10-5-3-4-6-10;1-8(2,9)7(11)10-3-5-12-6-4-10;1-6-2-4-7-5-3-6;2*1-4-5(2)3;1-2/h9H,3-8H2,1-2H3;8H,3-7H2,1-2H3;3-6H2,1-2H3;2-5H2,1H3;2*5H,4H2,1-3H3;1-2H3.